The van der Waals surface area contributed by atoms with Gasteiger partial charge in [0.2, 0.25) is 5.91 Å². The summed E-state index contributed by atoms with van der Waals surface area (Å²) in [5, 5.41) is 0. The SMILES string of the molecule is CC(C)C12CCC(CC1)C(=O)N2C. The first kappa shape index (κ1) is 9.04. The van der Waals surface area contributed by atoms with Crippen LogP contribution in [0, 0.1) is 11.8 Å². The molecule has 2 bridgehead atoms. The molecule has 1 saturated carbocycles. The van der Waals surface area contributed by atoms with Crippen LogP contribution in [0.5, 0.6) is 0 Å². The quantitative estimate of drug-likeness (QED) is 0.606. The van der Waals surface area contributed by atoms with Crippen molar-refractivity contribution in [2.45, 2.75) is 45.1 Å². The van der Waals surface area contributed by atoms with Crippen LogP contribution in [0.2, 0.25) is 0 Å². The summed E-state index contributed by atoms with van der Waals surface area (Å²) in [5.41, 5.74) is 0.200. The molecule has 3 fully saturated rings. The Morgan fingerprint density at radius 1 is 1.38 bits per heavy atom. The molecule has 3 aliphatic rings. The average molecular weight is 181 g/mol. The minimum absolute atomic E-state index is 0.200. The van der Waals surface area contributed by atoms with Gasteiger partial charge in [-0.15, -0.1) is 0 Å². The Hall–Kier alpha value is -0.530. The zero-order valence-corrected chi connectivity index (χ0v) is 8.84. The summed E-state index contributed by atoms with van der Waals surface area (Å²) < 4.78 is 0. The third kappa shape index (κ3) is 1.04. The van der Waals surface area contributed by atoms with Crippen LogP contribution in [0.3, 0.4) is 0 Å². The third-order valence-corrected chi connectivity index (χ3v) is 4.27. The van der Waals surface area contributed by atoms with Crippen LogP contribution >= 0.6 is 0 Å². The number of amides is 1. The van der Waals surface area contributed by atoms with Crippen molar-refractivity contribution >= 4 is 5.91 Å². The summed E-state index contributed by atoms with van der Waals surface area (Å²) in [7, 11) is 1.99. The molecule has 2 heteroatoms. The number of carbonyl (C=O) groups excluding carboxylic acids is 1. The monoisotopic (exact) mass is 181 g/mol. The summed E-state index contributed by atoms with van der Waals surface area (Å²) in [6, 6.07) is 0. The van der Waals surface area contributed by atoms with Gasteiger partial charge in [-0.3, -0.25) is 4.79 Å². The lowest BCUT2D eigenvalue weighted by Gasteiger charge is -2.55. The highest BCUT2D eigenvalue weighted by Crippen LogP contribution is 2.46. The molecule has 2 aliphatic heterocycles. The maximum atomic E-state index is 11.8. The van der Waals surface area contributed by atoms with Crippen LogP contribution in [0.1, 0.15) is 39.5 Å². The fourth-order valence-electron chi connectivity index (χ4n) is 3.16. The molecule has 2 heterocycles. The van der Waals surface area contributed by atoms with E-state index in [0.29, 0.717) is 17.7 Å². The second-order valence-corrected chi connectivity index (χ2v) is 4.93. The van der Waals surface area contributed by atoms with E-state index in [1.165, 1.54) is 12.8 Å². The van der Waals surface area contributed by atoms with Gasteiger partial charge in [0, 0.05) is 18.5 Å². The predicted octanol–water partition coefficient (Wildman–Crippen LogP) is 2.04. The van der Waals surface area contributed by atoms with Gasteiger partial charge in [0.15, 0.2) is 0 Å². The molecule has 2 saturated heterocycles. The molecule has 1 amide bonds. The molecule has 0 N–H and O–H groups in total. The second kappa shape index (κ2) is 2.73. The molecule has 0 aromatic heterocycles. The Balaban J connectivity index is 2.31. The summed E-state index contributed by atoms with van der Waals surface area (Å²) in [6.45, 7) is 4.49. The van der Waals surface area contributed by atoms with Crippen molar-refractivity contribution in [3.05, 3.63) is 0 Å². The Labute approximate surface area is 80.3 Å². The van der Waals surface area contributed by atoms with Gasteiger partial charge < -0.3 is 4.90 Å². The molecule has 0 radical (unpaired) electrons. The van der Waals surface area contributed by atoms with Gasteiger partial charge in [-0.1, -0.05) is 13.8 Å². The van der Waals surface area contributed by atoms with E-state index >= 15 is 0 Å². The number of nitrogens with zero attached hydrogens (tertiary/aromatic N) is 1. The van der Waals surface area contributed by atoms with E-state index in [0.717, 1.165) is 12.8 Å². The number of carbonyl (C=O) groups is 1. The van der Waals surface area contributed by atoms with Crippen LogP contribution in [-0.2, 0) is 4.79 Å². The molecule has 13 heavy (non-hydrogen) atoms. The fourth-order valence-corrected chi connectivity index (χ4v) is 3.16. The number of hydrogen-bond donors (Lipinski definition) is 0. The number of hydrogen-bond acceptors (Lipinski definition) is 1. The molecule has 2 nitrogen and oxygen atoms in total. The highest BCUT2D eigenvalue weighted by Gasteiger charge is 2.50. The van der Waals surface area contributed by atoms with Crippen LogP contribution in [0.4, 0.5) is 0 Å². The fraction of sp³-hybridized carbons (Fsp3) is 0.909. The smallest absolute Gasteiger partial charge is 0.225 e. The van der Waals surface area contributed by atoms with Gasteiger partial charge in [-0.05, 0) is 31.6 Å². The number of fused-ring (bicyclic) bond motifs is 3. The molecule has 0 aromatic carbocycles. The molecule has 0 aromatic rings. The predicted molar refractivity (Wildman–Crippen MR) is 52.3 cm³/mol. The highest BCUT2D eigenvalue weighted by molar-refractivity contribution is 5.81. The topological polar surface area (TPSA) is 20.3 Å². The van der Waals surface area contributed by atoms with Gasteiger partial charge in [0.1, 0.15) is 0 Å². The lowest BCUT2D eigenvalue weighted by molar-refractivity contribution is -0.157. The van der Waals surface area contributed by atoms with Crippen molar-refractivity contribution in [2.75, 3.05) is 7.05 Å². The maximum absolute atomic E-state index is 11.8. The van der Waals surface area contributed by atoms with E-state index in [1.54, 1.807) is 0 Å². The van der Waals surface area contributed by atoms with Crippen molar-refractivity contribution < 1.29 is 4.79 Å². The molecule has 1 aliphatic carbocycles. The second-order valence-electron chi connectivity index (χ2n) is 4.93. The Bertz CT molecular complexity index is 226. The summed E-state index contributed by atoms with van der Waals surface area (Å²) >= 11 is 0. The zero-order valence-electron chi connectivity index (χ0n) is 8.84. The summed E-state index contributed by atoms with van der Waals surface area (Å²) in [4.78, 5) is 13.9. The van der Waals surface area contributed by atoms with Gasteiger partial charge in [0.05, 0.1) is 0 Å². The van der Waals surface area contributed by atoms with E-state index in [2.05, 4.69) is 13.8 Å². The van der Waals surface area contributed by atoms with Crippen LogP contribution in [-0.4, -0.2) is 23.4 Å². The molecule has 74 valence electrons. The average Bonchev–Trinajstić information content (AvgIpc) is 2.13. The van der Waals surface area contributed by atoms with Gasteiger partial charge in [0.25, 0.3) is 0 Å². The van der Waals surface area contributed by atoms with E-state index in [-0.39, 0.29) is 5.54 Å². The molecule has 0 unspecified atom stereocenters. The molecular weight excluding hydrogens is 162 g/mol. The van der Waals surface area contributed by atoms with Crippen LogP contribution in [0.25, 0.3) is 0 Å². The molecule has 0 spiro atoms. The zero-order chi connectivity index (χ0) is 9.64. The molecule has 0 atom stereocenters. The first-order valence-corrected chi connectivity index (χ1v) is 5.35. The van der Waals surface area contributed by atoms with Crippen molar-refractivity contribution in [3.63, 3.8) is 0 Å². The summed E-state index contributed by atoms with van der Waals surface area (Å²) in [5.74, 6) is 1.35. The van der Waals surface area contributed by atoms with Gasteiger partial charge in [-0.25, -0.2) is 0 Å². The van der Waals surface area contributed by atoms with Crippen molar-refractivity contribution in [3.8, 4) is 0 Å². The Morgan fingerprint density at radius 3 is 2.31 bits per heavy atom. The highest BCUT2D eigenvalue weighted by atomic mass is 16.2. The van der Waals surface area contributed by atoms with Crippen LogP contribution < -0.4 is 0 Å². The largest absolute Gasteiger partial charge is 0.340 e. The lowest BCUT2D eigenvalue weighted by atomic mass is 9.65. The van der Waals surface area contributed by atoms with Crippen molar-refractivity contribution in [1.82, 2.24) is 4.90 Å². The summed E-state index contributed by atoms with van der Waals surface area (Å²) in [6.07, 6.45) is 4.69. The number of rotatable bonds is 1. The normalized spacial score (nSPS) is 38.9. The first-order valence-electron chi connectivity index (χ1n) is 5.35. The van der Waals surface area contributed by atoms with Crippen molar-refractivity contribution in [2.24, 2.45) is 11.8 Å². The Morgan fingerprint density at radius 2 is 1.92 bits per heavy atom. The standard InChI is InChI=1S/C11H19NO/c1-8(2)11-6-4-9(5-7-11)10(13)12(11)3/h8-9H,4-7H2,1-3H3. The third-order valence-electron chi connectivity index (χ3n) is 4.27. The minimum atomic E-state index is 0.200. The number of piperidine rings is 2. The van der Waals surface area contributed by atoms with E-state index in [1.807, 2.05) is 11.9 Å². The maximum Gasteiger partial charge on any atom is 0.225 e. The van der Waals surface area contributed by atoms with Gasteiger partial charge in [-0.2, -0.15) is 0 Å². The van der Waals surface area contributed by atoms with Crippen molar-refractivity contribution in [1.29, 1.82) is 0 Å². The minimum Gasteiger partial charge on any atom is -0.340 e. The molecule has 3 rings (SSSR count). The van der Waals surface area contributed by atoms with E-state index in [9.17, 15) is 4.79 Å². The van der Waals surface area contributed by atoms with E-state index in [4.69, 9.17) is 0 Å². The molecular formula is C11H19NO. The Kier molecular flexibility index (Phi) is 1.90. The van der Waals surface area contributed by atoms with Gasteiger partial charge >= 0.3 is 0 Å². The first-order chi connectivity index (χ1) is 6.08. The van der Waals surface area contributed by atoms with E-state index < -0.39 is 0 Å². The lowest BCUT2D eigenvalue weighted by Crippen LogP contribution is -2.62. The van der Waals surface area contributed by atoms with Crippen LogP contribution in [0.15, 0.2) is 0 Å².